The number of aliphatic hydroxyl groups is 2. The lowest BCUT2D eigenvalue weighted by atomic mass is 9.99. The Morgan fingerprint density at radius 1 is 1.11 bits per heavy atom. The minimum absolute atomic E-state index is 0.0429. The molecule has 0 aliphatic rings. The van der Waals surface area contributed by atoms with Crippen LogP contribution in [0.3, 0.4) is 0 Å². The maximum Gasteiger partial charge on any atom is 0.407 e. The Kier molecular flexibility index (Phi) is 7.79. The van der Waals surface area contributed by atoms with Crippen LogP contribution in [-0.4, -0.2) is 47.1 Å². The molecule has 0 spiro atoms. The summed E-state index contributed by atoms with van der Waals surface area (Å²) in [6.07, 6.45) is -3.15. The van der Waals surface area contributed by atoms with Gasteiger partial charge in [0.2, 0.25) is 0 Å². The highest BCUT2D eigenvalue weighted by molar-refractivity contribution is 5.88. The molecule has 2 atom stereocenters. The first-order chi connectivity index (χ1) is 13.4. The Hall–Kier alpha value is -3.10. The lowest BCUT2D eigenvalue weighted by Crippen LogP contribution is -2.29. The highest BCUT2D eigenvalue weighted by Crippen LogP contribution is 2.25. The van der Waals surface area contributed by atoms with Crippen molar-refractivity contribution in [2.45, 2.75) is 25.2 Å². The second-order valence-electron chi connectivity index (χ2n) is 6.09. The summed E-state index contributed by atoms with van der Waals surface area (Å²) in [5, 5.41) is 32.1. The number of carboxylic acids is 1. The van der Waals surface area contributed by atoms with E-state index in [2.05, 4.69) is 5.32 Å². The van der Waals surface area contributed by atoms with Gasteiger partial charge in [0.15, 0.2) is 0 Å². The summed E-state index contributed by atoms with van der Waals surface area (Å²) in [5.74, 6) is -0.923. The first kappa shape index (κ1) is 21.2. The molecule has 0 radical (unpaired) electrons. The van der Waals surface area contributed by atoms with E-state index in [4.69, 9.17) is 14.6 Å². The van der Waals surface area contributed by atoms with Gasteiger partial charge < -0.3 is 30.1 Å². The van der Waals surface area contributed by atoms with Crippen LogP contribution in [0.25, 0.3) is 0 Å². The van der Waals surface area contributed by atoms with E-state index in [0.717, 1.165) is 5.56 Å². The number of carbonyl (C=O) groups is 2. The number of alkyl carbamates (subject to hydrolysis) is 1. The Morgan fingerprint density at radius 3 is 2.46 bits per heavy atom. The fourth-order valence-corrected chi connectivity index (χ4v) is 2.51. The number of aliphatic hydroxyl groups excluding tert-OH is 2. The van der Waals surface area contributed by atoms with Crippen LogP contribution in [0, 0.1) is 0 Å². The third kappa shape index (κ3) is 6.26. The molecule has 0 heterocycles. The number of methoxy groups -OCH3 is 1. The van der Waals surface area contributed by atoms with Gasteiger partial charge in [-0.15, -0.1) is 0 Å². The van der Waals surface area contributed by atoms with Crippen molar-refractivity contribution in [1.29, 1.82) is 0 Å². The normalized spacial score (nSPS) is 12.7. The van der Waals surface area contributed by atoms with E-state index in [9.17, 15) is 19.8 Å². The topological polar surface area (TPSA) is 125 Å². The number of hydrogen-bond acceptors (Lipinski definition) is 6. The number of hydrogen-bond donors (Lipinski definition) is 4. The minimum Gasteiger partial charge on any atom is -0.497 e. The van der Waals surface area contributed by atoms with E-state index in [1.807, 2.05) is 30.3 Å². The first-order valence-corrected chi connectivity index (χ1v) is 8.63. The third-order valence-electron chi connectivity index (χ3n) is 4.04. The van der Waals surface area contributed by atoms with Gasteiger partial charge in [-0.2, -0.15) is 0 Å². The number of carbonyl (C=O) groups excluding carboxylic acids is 1. The van der Waals surface area contributed by atoms with Crippen molar-refractivity contribution >= 4 is 12.1 Å². The average Bonchev–Trinajstić information content (AvgIpc) is 2.71. The lowest BCUT2D eigenvalue weighted by molar-refractivity contribution is 0.0134. The van der Waals surface area contributed by atoms with Crippen LogP contribution >= 0.6 is 0 Å². The van der Waals surface area contributed by atoms with Crippen LogP contribution in [0.15, 0.2) is 48.5 Å². The number of nitrogens with one attached hydrogen (secondary N) is 1. The van der Waals surface area contributed by atoms with E-state index in [1.165, 1.54) is 25.3 Å². The second-order valence-corrected chi connectivity index (χ2v) is 6.09. The highest BCUT2D eigenvalue weighted by Gasteiger charge is 2.21. The molecule has 0 aliphatic carbocycles. The van der Waals surface area contributed by atoms with Crippen LogP contribution < -0.4 is 10.1 Å². The number of ether oxygens (including phenoxy) is 2. The molecule has 0 saturated heterocycles. The van der Waals surface area contributed by atoms with Crippen LogP contribution in [0.1, 0.15) is 34.0 Å². The Morgan fingerprint density at radius 2 is 1.82 bits per heavy atom. The maximum atomic E-state index is 11.7. The highest BCUT2D eigenvalue weighted by atomic mass is 16.5. The first-order valence-electron chi connectivity index (χ1n) is 8.63. The van der Waals surface area contributed by atoms with Crippen LogP contribution in [0.5, 0.6) is 5.75 Å². The molecule has 2 rings (SSSR count). The molecule has 2 aromatic carbocycles. The predicted octanol–water partition coefficient (Wildman–Crippen LogP) is 2.10. The van der Waals surface area contributed by atoms with E-state index >= 15 is 0 Å². The van der Waals surface area contributed by atoms with E-state index in [1.54, 1.807) is 0 Å². The van der Waals surface area contributed by atoms with Crippen molar-refractivity contribution in [1.82, 2.24) is 5.32 Å². The second kappa shape index (κ2) is 10.3. The van der Waals surface area contributed by atoms with Gasteiger partial charge in [0.05, 0.1) is 18.8 Å². The fourth-order valence-electron chi connectivity index (χ4n) is 2.51. The molecule has 8 heteroatoms. The van der Waals surface area contributed by atoms with Gasteiger partial charge in [0.1, 0.15) is 18.5 Å². The Labute approximate surface area is 162 Å². The molecule has 0 aromatic heterocycles. The molecule has 2 aromatic rings. The molecule has 0 aliphatic heterocycles. The van der Waals surface area contributed by atoms with Gasteiger partial charge in [-0.1, -0.05) is 30.3 Å². The molecule has 2 unspecified atom stereocenters. The number of rotatable bonds is 9. The fraction of sp³-hybridized carbons (Fsp3) is 0.300. The van der Waals surface area contributed by atoms with E-state index < -0.39 is 24.3 Å². The summed E-state index contributed by atoms with van der Waals surface area (Å²) in [5.41, 5.74) is 0.986. The smallest absolute Gasteiger partial charge is 0.407 e. The molecule has 1 amide bonds. The van der Waals surface area contributed by atoms with Crippen LogP contribution in [0.4, 0.5) is 4.79 Å². The van der Waals surface area contributed by atoms with Crippen molar-refractivity contribution < 1.29 is 34.4 Å². The average molecular weight is 389 g/mol. The SMILES string of the molecule is COc1cc(C(=O)O)cc(C(O)C(O)CCNC(=O)OCc2ccccc2)c1. The number of aromatic carboxylic acids is 1. The van der Waals surface area contributed by atoms with Crippen molar-refractivity contribution in [3.63, 3.8) is 0 Å². The van der Waals surface area contributed by atoms with Gasteiger partial charge in [-0.05, 0) is 35.7 Å². The molecule has 8 nitrogen and oxygen atoms in total. The van der Waals surface area contributed by atoms with Crippen LogP contribution in [0.2, 0.25) is 0 Å². The molecule has 0 fully saturated rings. The molecular formula is C20H23NO7. The molecule has 0 bridgehead atoms. The summed E-state index contributed by atoms with van der Waals surface area (Å²) in [4.78, 5) is 22.8. The quantitative estimate of drug-likeness (QED) is 0.517. The number of amides is 1. The van der Waals surface area contributed by atoms with Crippen molar-refractivity contribution in [2.75, 3.05) is 13.7 Å². The number of benzene rings is 2. The summed E-state index contributed by atoms with van der Waals surface area (Å²) in [6, 6.07) is 13.2. The largest absolute Gasteiger partial charge is 0.497 e. The van der Waals surface area contributed by atoms with E-state index in [0.29, 0.717) is 0 Å². The summed E-state index contributed by atoms with van der Waals surface area (Å²) in [6.45, 7) is 0.196. The monoisotopic (exact) mass is 389 g/mol. The Balaban J connectivity index is 1.83. The summed E-state index contributed by atoms with van der Waals surface area (Å²) >= 11 is 0. The lowest BCUT2D eigenvalue weighted by Gasteiger charge is -2.19. The zero-order valence-electron chi connectivity index (χ0n) is 15.4. The van der Waals surface area contributed by atoms with Gasteiger partial charge in [-0.25, -0.2) is 9.59 Å². The standard InChI is InChI=1S/C20H23NO7/c1-27-16-10-14(9-15(11-16)19(24)25)18(23)17(22)7-8-21-20(26)28-12-13-5-3-2-4-6-13/h2-6,9-11,17-18,22-23H,7-8,12H2,1H3,(H,21,26)(H,24,25). The van der Waals surface area contributed by atoms with Gasteiger partial charge in [0, 0.05) is 6.54 Å². The minimum atomic E-state index is -1.34. The summed E-state index contributed by atoms with van der Waals surface area (Å²) in [7, 11) is 1.37. The van der Waals surface area contributed by atoms with Gasteiger partial charge in [0.25, 0.3) is 0 Å². The molecule has 4 N–H and O–H groups in total. The molecule has 28 heavy (non-hydrogen) atoms. The van der Waals surface area contributed by atoms with Crippen LogP contribution in [-0.2, 0) is 11.3 Å². The molecule has 0 saturated carbocycles. The third-order valence-corrected chi connectivity index (χ3v) is 4.04. The zero-order chi connectivity index (χ0) is 20.5. The zero-order valence-corrected chi connectivity index (χ0v) is 15.4. The number of carboxylic acid groups (broad SMARTS) is 1. The Bertz CT molecular complexity index is 794. The summed E-state index contributed by atoms with van der Waals surface area (Å²) < 4.78 is 10.1. The maximum absolute atomic E-state index is 11.7. The van der Waals surface area contributed by atoms with Gasteiger partial charge in [-0.3, -0.25) is 0 Å². The van der Waals surface area contributed by atoms with Gasteiger partial charge >= 0.3 is 12.1 Å². The van der Waals surface area contributed by atoms with Crippen molar-refractivity contribution in [3.05, 3.63) is 65.2 Å². The molecular weight excluding hydrogens is 366 g/mol. The van der Waals surface area contributed by atoms with Crippen molar-refractivity contribution in [3.8, 4) is 5.75 Å². The molecule has 150 valence electrons. The van der Waals surface area contributed by atoms with E-state index in [-0.39, 0.29) is 36.4 Å². The predicted molar refractivity (Wildman–Crippen MR) is 100 cm³/mol. The van der Waals surface area contributed by atoms with Crippen molar-refractivity contribution in [2.24, 2.45) is 0 Å².